The van der Waals surface area contributed by atoms with Gasteiger partial charge in [-0.25, -0.2) is 13.1 Å². The number of hydrogen-bond acceptors (Lipinski definition) is 3. The minimum Gasteiger partial charge on any atom is -0.315 e. The number of hydrogen-bond donors (Lipinski definition) is 2. The molecule has 68 valence electrons. The van der Waals surface area contributed by atoms with Crippen molar-refractivity contribution in [3.8, 4) is 0 Å². The molecular formula is C5H13ClN2O2S. The molecule has 11 heavy (non-hydrogen) atoms. The first-order valence-corrected chi connectivity index (χ1v) is 4.84. The molecule has 6 heteroatoms. The third-order valence-electron chi connectivity index (χ3n) is 1.74. The van der Waals surface area contributed by atoms with E-state index in [1.54, 1.807) is 0 Å². The summed E-state index contributed by atoms with van der Waals surface area (Å²) >= 11 is 0. The SMILES string of the molecule is CNS(=O)(=O)C1CCNC1.Cl. The minimum absolute atomic E-state index is 0. The van der Waals surface area contributed by atoms with Gasteiger partial charge in [-0.15, -0.1) is 12.4 Å². The molecule has 0 saturated carbocycles. The fourth-order valence-electron chi connectivity index (χ4n) is 1.06. The predicted octanol–water partition coefficient (Wildman–Crippen LogP) is -0.681. The van der Waals surface area contributed by atoms with Gasteiger partial charge >= 0.3 is 0 Å². The Morgan fingerprint density at radius 1 is 1.55 bits per heavy atom. The summed E-state index contributed by atoms with van der Waals surface area (Å²) in [6.07, 6.45) is 0.725. The first-order chi connectivity index (χ1) is 4.67. The summed E-state index contributed by atoms with van der Waals surface area (Å²) in [5, 5.41) is 2.77. The summed E-state index contributed by atoms with van der Waals surface area (Å²) in [4.78, 5) is 0. The van der Waals surface area contributed by atoms with Gasteiger partial charge in [-0.1, -0.05) is 0 Å². The smallest absolute Gasteiger partial charge is 0.215 e. The maximum absolute atomic E-state index is 11.1. The molecule has 0 aliphatic carbocycles. The molecule has 1 aliphatic heterocycles. The van der Waals surface area contributed by atoms with Crippen LogP contribution in [0.2, 0.25) is 0 Å². The Morgan fingerprint density at radius 2 is 2.18 bits per heavy atom. The van der Waals surface area contributed by atoms with Crippen molar-refractivity contribution in [1.82, 2.24) is 10.0 Å². The van der Waals surface area contributed by atoms with Gasteiger partial charge in [-0.2, -0.15) is 0 Å². The van der Waals surface area contributed by atoms with Crippen molar-refractivity contribution in [2.75, 3.05) is 20.1 Å². The van der Waals surface area contributed by atoms with E-state index in [4.69, 9.17) is 0 Å². The van der Waals surface area contributed by atoms with Crippen molar-refractivity contribution >= 4 is 22.4 Å². The molecule has 0 aromatic rings. The van der Waals surface area contributed by atoms with E-state index in [0.717, 1.165) is 13.0 Å². The van der Waals surface area contributed by atoms with Crippen LogP contribution in [0.5, 0.6) is 0 Å². The number of sulfonamides is 1. The second-order valence-corrected chi connectivity index (χ2v) is 4.53. The molecule has 1 saturated heterocycles. The van der Waals surface area contributed by atoms with Crippen molar-refractivity contribution in [3.63, 3.8) is 0 Å². The summed E-state index contributed by atoms with van der Waals surface area (Å²) in [5.74, 6) is 0. The van der Waals surface area contributed by atoms with Gasteiger partial charge in [0.05, 0.1) is 5.25 Å². The molecule has 0 amide bonds. The zero-order valence-corrected chi connectivity index (χ0v) is 7.96. The summed E-state index contributed by atoms with van der Waals surface area (Å²) in [5.41, 5.74) is 0. The maximum Gasteiger partial charge on any atom is 0.215 e. The van der Waals surface area contributed by atoms with Crippen molar-refractivity contribution in [2.45, 2.75) is 11.7 Å². The van der Waals surface area contributed by atoms with E-state index in [-0.39, 0.29) is 17.7 Å². The van der Waals surface area contributed by atoms with E-state index in [0.29, 0.717) is 6.54 Å². The van der Waals surface area contributed by atoms with Crippen molar-refractivity contribution in [2.24, 2.45) is 0 Å². The standard InChI is InChI=1S/C5H12N2O2S.ClH/c1-6-10(8,9)5-2-3-7-4-5;/h5-7H,2-4H2,1H3;1H. The van der Waals surface area contributed by atoms with Gasteiger partial charge in [0.15, 0.2) is 0 Å². The zero-order chi connectivity index (χ0) is 7.61. The molecule has 1 aliphatic rings. The lowest BCUT2D eigenvalue weighted by molar-refractivity contribution is 0.574. The molecule has 0 radical (unpaired) electrons. The molecule has 0 aromatic heterocycles. The largest absolute Gasteiger partial charge is 0.315 e. The fraction of sp³-hybridized carbons (Fsp3) is 1.00. The van der Waals surface area contributed by atoms with Gasteiger partial charge in [-0.05, 0) is 20.0 Å². The summed E-state index contributed by atoms with van der Waals surface area (Å²) in [7, 11) is -1.56. The Hall–Kier alpha value is 0.160. The van der Waals surface area contributed by atoms with Crippen LogP contribution in [0.1, 0.15) is 6.42 Å². The maximum atomic E-state index is 11.1. The van der Waals surface area contributed by atoms with Gasteiger partial charge < -0.3 is 5.32 Å². The highest BCUT2D eigenvalue weighted by atomic mass is 35.5. The Balaban J connectivity index is 0.000001000. The lowest BCUT2D eigenvalue weighted by Crippen LogP contribution is -2.33. The molecule has 0 spiro atoms. The highest BCUT2D eigenvalue weighted by Gasteiger charge is 2.26. The number of nitrogens with one attached hydrogen (secondary N) is 2. The van der Waals surface area contributed by atoms with E-state index in [9.17, 15) is 8.42 Å². The van der Waals surface area contributed by atoms with Gasteiger partial charge in [0.25, 0.3) is 0 Å². The Bertz CT molecular complexity index is 199. The van der Waals surface area contributed by atoms with Crippen LogP contribution in [0.25, 0.3) is 0 Å². The number of halogens is 1. The number of rotatable bonds is 2. The predicted molar refractivity (Wildman–Crippen MR) is 46.5 cm³/mol. The molecule has 2 N–H and O–H groups in total. The first-order valence-electron chi connectivity index (χ1n) is 3.30. The molecule has 1 rings (SSSR count). The second-order valence-electron chi connectivity index (χ2n) is 2.36. The Labute approximate surface area is 73.2 Å². The molecule has 1 fully saturated rings. The van der Waals surface area contributed by atoms with Gasteiger partial charge in [-0.3, -0.25) is 0 Å². The van der Waals surface area contributed by atoms with Crippen LogP contribution >= 0.6 is 12.4 Å². The lowest BCUT2D eigenvalue weighted by atomic mass is 10.4. The third-order valence-corrected chi connectivity index (χ3v) is 3.59. The van der Waals surface area contributed by atoms with Crippen molar-refractivity contribution < 1.29 is 8.42 Å². The van der Waals surface area contributed by atoms with E-state index >= 15 is 0 Å². The Morgan fingerprint density at radius 3 is 2.55 bits per heavy atom. The van der Waals surface area contributed by atoms with Crippen molar-refractivity contribution in [3.05, 3.63) is 0 Å². The van der Waals surface area contributed by atoms with E-state index in [1.165, 1.54) is 7.05 Å². The van der Waals surface area contributed by atoms with Crippen LogP contribution in [0.15, 0.2) is 0 Å². The average Bonchev–Trinajstić information content (AvgIpc) is 2.38. The molecular weight excluding hydrogens is 188 g/mol. The average molecular weight is 201 g/mol. The Kier molecular flexibility index (Phi) is 4.31. The van der Waals surface area contributed by atoms with E-state index in [2.05, 4.69) is 10.0 Å². The van der Waals surface area contributed by atoms with Crippen LogP contribution in [-0.2, 0) is 10.0 Å². The topological polar surface area (TPSA) is 58.2 Å². The fourth-order valence-corrected chi connectivity index (χ4v) is 2.16. The van der Waals surface area contributed by atoms with Crippen LogP contribution in [0.3, 0.4) is 0 Å². The molecule has 1 atom stereocenters. The molecule has 1 heterocycles. The quantitative estimate of drug-likeness (QED) is 0.621. The minimum atomic E-state index is -3.01. The zero-order valence-electron chi connectivity index (χ0n) is 6.33. The van der Waals surface area contributed by atoms with Crippen molar-refractivity contribution in [1.29, 1.82) is 0 Å². The first kappa shape index (κ1) is 11.2. The van der Waals surface area contributed by atoms with Crippen LogP contribution in [-0.4, -0.2) is 33.8 Å². The summed E-state index contributed by atoms with van der Waals surface area (Å²) in [6.45, 7) is 1.40. The van der Waals surface area contributed by atoms with Crippen LogP contribution in [0.4, 0.5) is 0 Å². The summed E-state index contributed by atoms with van der Waals surface area (Å²) in [6, 6.07) is 0. The van der Waals surface area contributed by atoms with E-state index in [1.807, 2.05) is 0 Å². The second kappa shape index (κ2) is 4.25. The highest BCUT2D eigenvalue weighted by Crippen LogP contribution is 2.06. The molecule has 1 unspecified atom stereocenters. The monoisotopic (exact) mass is 200 g/mol. The lowest BCUT2D eigenvalue weighted by Gasteiger charge is -2.07. The highest BCUT2D eigenvalue weighted by molar-refractivity contribution is 7.90. The van der Waals surface area contributed by atoms with Gasteiger partial charge in [0.2, 0.25) is 10.0 Å². The molecule has 4 nitrogen and oxygen atoms in total. The molecule has 0 aromatic carbocycles. The van der Waals surface area contributed by atoms with Crippen LogP contribution in [0, 0.1) is 0 Å². The van der Waals surface area contributed by atoms with Gasteiger partial charge in [0, 0.05) is 6.54 Å². The third kappa shape index (κ3) is 2.59. The summed E-state index contributed by atoms with van der Waals surface area (Å²) < 4.78 is 24.4. The van der Waals surface area contributed by atoms with Gasteiger partial charge in [0.1, 0.15) is 0 Å². The van der Waals surface area contributed by atoms with Crippen LogP contribution < -0.4 is 10.0 Å². The van der Waals surface area contributed by atoms with E-state index < -0.39 is 10.0 Å². The molecule has 0 bridgehead atoms. The normalized spacial score (nSPS) is 24.6.